The van der Waals surface area contributed by atoms with Gasteiger partial charge in [-0.05, 0) is 53.7 Å². The third kappa shape index (κ3) is 2.47. The van der Waals surface area contributed by atoms with Crippen molar-refractivity contribution in [3.05, 3.63) is 40.4 Å². The minimum atomic E-state index is -0.246. The lowest BCUT2D eigenvalue weighted by Crippen LogP contribution is -2.32. The zero-order valence-corrected chi connectivity index (χ0v) is 13.6. The molecule has 1 aliphatic heterocycles. The van der Waals surface area contributed by atoms with Crippen LogP contribution < -0.4 is 9.64 Å². The van der Waals surface area contributed by atoms with Crippen LogP contribution in [-0.4, -0.2) is 23.4 Å². The van der Waals surface area contributed by atoms with Gasteiger partial charge in [-0.1, -0.05) is 12.7 Å². The second-order valence-corrected chi connectivity index (χ2v) is 6.02. The average Bonchev–Trinajstić information content (AvgIpc) is 2.79. The normalized spacial score (nSPS) is 17.8. The van der Waals surface area contributed by atoms with Gasteiger partial charge in [0.15, 0.2) is 0 Å². The van der Waals surface area contributed by atoms with Gasteiger partial charge >= 0.3 is 0 Å². The van der Waals surface area contributed by atoms with Gasteiger partial charge in [0.05, 0.1) is 4.47 Å². The summed E-state index contributed by atoms with van der Waals surface area (Å²) >= 11 is 3.34. The molecule has 114 valence electrons. The molecule has 0 N–H and O–H groups in total. The monoisotopic (exact) mass is 362 g/mol. The molecule has 5 nitrogen and oxygen atoms in total. The standard InChI is InChI=1S/C16H15BrN2O3/c1-2-9-22-14-12(17)7-8-13(18-14)19-15(20)10-5-3-4-6-11(10)16(19)21/h2,7-8H,1,3-6,9H2. The highest BCUT2D eigenvalue weighted by Gasteiger charge is 2.40. The summed E-state index contributed by atoms with van der Waals surface area (Å²) in [4.78, 5) is 30.4. The van der Waals surface area contributed by atoms with E-state index in [1.807, 2.05) is 0 Å². The number of amides is 2. The Bertz CT molecular complexity index is 669. The lowest BCUT2D eigenvalue weighted by Gasteiger charge is -2.15. The number of halogens is 1. The number of carbonyl (C=O) groups is 2. The smallest absolute Gasteiger partial charge is 0.262 e. The minimum Gasteiger partial charge on any atom is -0.473 e. The van der Waals surface area contributed by atoms with E-state index in [4.69, 9.17) is 4.74 Å². The molecule has 0 saturated heterocycles. The summed E-state index contributed by atoms with van der Waals surface area (Å²) in [6, 6.07) is 3.36. The van der Waals surface area contributed by atoms with E-state index in [0.29, 0.717) is 46.8 Å². The van der Waals surface area contributed by atoms with E-state index in [9.17, 15) is 9.59 Å². The van der Waals surface area contributed by atoms with Gasteiger partial charge in [-0.3, -0.25) is 9.59 Å². The number of pyridine rings is 1. The zero-order chi connectivity index (χ0) is 15.7. The van der Waals surface area contributed by atoms with E-state index in [1.54, 1.807) is 18.2 Å². The Morgan fingerprint density at radius 3 is 2.45 bits per heavy atom. The number of ether oxygens (including phenoxy) is 1. The molecular formula is C16H15BrN2O3. The highest BCUT2D eigenvalue weighted by molar-refractivity contribution is 9.10. The molecule has 6 heteroatoms. The van der Waals surface area contributed by atoms with Crippen LogP contribution in [0.3, 0.4) is 0 Å². The van der Waals surface area contributed by atoms with Crippen molar-refractivity contribution < 1.29 is 14.3 Å². The van der Waals surface area contributed by atoms with Gasteiger partial charge in [0, 0.05) is 11.1 Å². The minimum absolute atomic E-state index is 0.246. The highest BCUT2D eigenvalue weighted by Crippen LogP contribution is 2.36. The maximum Gasteiger partial charge on any atom is 0.262 e. The van der Waals surface area contributed by atoms with Crippen LogP contribution in [0.4, 0.5) is 5.82 Å². The summed E-state index contributed by atoms with van der Waals surface area (Å²) in [5, 5.41) is 0. The second kappa shape index (κ2) is 6.04. The molecule has 0 saturated carbocycles. The van der Waals surface area contributed by atoms with E-state index in [1.165, 1.54) is 0 Å². The number of imide groups is 1. The number of carbonyl (C=O) groups excluding carboxylic acids is 2. The molecule has 0 bridgehead atoms. The van der Waals surface area contributed by atoms with Crippen LogP contribution in [0.15, 0.2) is 40.4 Å². The molecule has 2 amide bonds. The fraction of sp³-hybridized carbons (Fsp3) is 0.312. The first-order chi connectivity index (χ1) is 10.6. The van der Waals surface area contributed by atoms with Crippen LogP contribution in [0.5, 0.6) is 5.88 Å². The van der Waals surface area contributed by atoms with Crippen molar-refractivity contribution in [3.63, 3.8) is 0 Å². The van der Waals surface area contributed by atoms with Gasteiger partial charge in [0.25, 0.3) is 11.8 Å². The molecule has 0 fully saturated rings. The van der Waals surface area contributed by atoms with Crippen LogP contribution in [0.1, 0.15) is 25.7 Å². The van der Waals surface area contributed by atoms with E-state index in [-0.39, 0.29) is 11.8 Å². The maximum absolute atomic E-state index is 12.5. The van der Waals surface area contributed by atoms with Crippen molar-refractivity contribution in [1.82, 2.24) is 4.98 Å². The van der Waals surface area contributed by atoms with E-state index < -0.39 is 0 Å². The largest absolute Gasteiger partial charge is 0.473 e. The number of nitrogens with zero attached hydrogens (tertiary/aromatic N) is 2. The predicted molar refractivity (Wildman–Crippen MR) is 85.6 cm³/mol. The molecular weight excluding hydrogens is 348 g/mol. The zero-order valence-electron chi connectivity index (χ0n) is 12.0. The predicted octanol–water partition coefficient (Wildman–Crippen LogP) is 3.15. The fourth-order valence-corrected chi connectivity index (χ4v) is 3.06. The van der Waals surface area contributed by atoms with Crippen LogP contribution >= 0.6 is 15.9 Å². The quantitative estimate of drug-likeness (QED) is 0.609. The second-order valence-electron chi connectivity index (χ2n) is 5.17. The molecule has 0 atom stereocenters. The van der Waals surface area contributed by atoms with Crippen LogP contribution in [-0.2, 0) is 9.59 Å². The molecule has 2 aliphatic rings. The summed E-state index contributed by atoms with van der Waals surface area (Å²) < 4.78 is 6.10. The van der Waals surface area contributed by atoms with Crippen molar-refractivity contribution in [3.8, 4) is 5.88 Å². The van der Waals surface area contributed by atoms with Gasteiger partial charge in [-0.25, -0.2) is 4.90 Å². The molecule has 0 spiro atoms. The number of anilines is 1. The summed E-state index contributed by atoms with van der Waals surface area (Å²) in [5.74, 6) is 0.142. The number of hydrogen-bond donors (Lipinski definition) is 0. The maximum atomic E-state index is 12.5. The highest BCUT2D eigenvalue weighted by atomic mass is 79.9. The molecule has 22 heavy (non-hydrogen) atoms. The Hall–Kier alpha value is -1.95. The molecule has 1 aromatic heterocycles. The Labute approximate surface area is 136 Å². The van der Waals surface area contributed by atoms with Crippen LogP contribution in [0.25, 0.3) is 0 Å². The van der Waals surface area contributed by atoms with Crippen molar-refractivity contribution in [2.45, 2.75) is 25.7 Å². The van der Waals surface area contributed by atoms with Gasteiger partial charge in [-0.2, -0.15) is 4.98 Å². The summed E-state index contributed by atoms with van der Waals surface area (Å²) in [5.41, 5.74) is 1.30. The molecule has 0 aromatic carbocycles. The third-order valence-corrected chi connectivity index (χ3v) is 4.36. The van der Waals surface area contributed by atoms with E-state index in [2.05, 4.69) is 27.5 Å². The van der Waals surface area contributed by atoms with Crippen molar-refractivity contribution in [1.29, 1.82) is 0 Å². The van der Waals surface area contributed by atoms with Crippen molar-refractivity contribution in [2.24, 2.45) is 0 Å². The molecule has 2 heterocycles. The third-order valence-electron chi connectivity index (χ3n) is 3.76. The van der Waals surface area contributed by atoms with Crippen LogP contribution in [0.2, 0.25) is 0 Å². The fourth-order valence-electron chi connectivity index (χ4n) is 2.72. The SMILES string of the molecule is C=CCOc1nc(N2C(=O)C3=C(CCCC3)C2=O)ccc1Br. The average molecular weight is 363 g/mol. The topological polar surface area (TPSA) is 59.5 Å². The van der Waals surface area contributed by atoms with E-state index in [0.717, 1.165) is 17.7 Å². The lowest BCUT2D eigenvalue weighted by molar-refractivity contribution is -0.120. The first kappa shape index (κ1) is 15.0. The molecule has 1 aromatic rings. The molecule has 3 rings (SSSR count). The molecule has 0 unspecified atom stereocenters. The molecule has 0 radical (unpaired) electrons. The number of rotatable bonds is 4. The first-order valence-electron chi connectivity index (χ1n) is 7.14. The van der Waals surface area contributed by atoms with Crippen LogP contribution in [0, 0.1) is 0 Å². The summed E-state index contributed by atoms with van der Waals surface area (Å²) in [6.45, 7) is 3.88. The van der Waals surface area contributed by atoms with Gasteiger partial charge in [0.2, 0.25) is 5.88 Å². The van der Waals surface area contributed by atoms with E-state index >= 15 is 0 Å². The first-order valence-corrected chi connectivity index (χ1v) is 7.94. The summed E-state index contributed by atoms with van der Waals surface area (Å²) in [7, 11) is 0. The van der Waals surface area contributed by atoms with Crippen molar-refractivity contribution >= 4 is 33.6 Å². The summed E-state index contributed by atoms with van der Waals surface area (Å²) in [6.07, 6.45) is 4.85. The lowest BCUT2D eigenvalue weighted by atomic mass is 9.93. The van der Waals surface area contributed by atoms with Gasteiger partial charge < -0.3 is 4.74 Å². The Morgan fingerprint density at radius 2 is 1.86 bits per heavy atom. The Morgan fingerprint density at radius 1 is 1.23 bits per heavy atom. The van der Waals surface area contributed by atoms with Gasteiger partial charge in [0.1, 0.15) is 12.4 Å². The Balaban J connectivity index is 1.93. The van der Waals surface area contributed by atoms with Gasteiger partial charge in [-0.15, -0.1) is 0 Å². The number of hydrogen-bond acceptors (Lipinski definition) is 4. The molecule has 1 aliphatic carbocycles. The number of aromatic nitrogens is 1. The Kier molecular flexibility index (Phi) is 4.11. The van der Waals surface area contributed by atoms with Crippen molar-refractivity contribution in [2.75, 3.05) is 11.5 Å².